The van der Waals surface area contributed by atoms with E-state index in [0.29, 0.717) is 0 Å². The van der Waals surface area contributed by atoms with Gasteiger partial charge in [-0.15, -0.1) is 0 Å². The Morgan fingerprint density at radius 3 is 2.37 bits per heavy atom. The van der Waals surface area contributed by atoms with Crippen LogP contribution in [-0.2, 0) is 0 Å². The van der Waals surface area contributed by atoms with Crippen molar-refractivity contribution in [2.75, 3.05) is 25.5 Å². The molecule has 0 radical (unpaired) electrons. The molecule has 0 aromatic heterocycles. The number of anilines is 1. The number of hydrogen-bond acceptors (Lipinski definition) is 3. The van der Waals surface area contributed by atoms with Crippen LogP contribution in [0.1, 0.15) is 29.5 Å². The zero-order valence-electron chi connectivity index (χ0n) is 12.2. The Kier molecular flexibility index (Phi) is 4.74. The fourth-order valence-corrected chi connectivity index (χ4v) is 2.80. The molecule has 0 bridgehead atoms. The fourth-order valence-electron chi connectivity index (χ4n) is 2.30. The van der Waals surface area contributed by atoms with Gasteiger partial charge in [-0.3, -0.25) is 0 Å². The van der Waals surface area contributed by atoms with Crippen LogP contribution in [0.3, 0.4) is 0 Å². The third-order valence-corrected chi connectivity index (χ3v) is 4.99. The predicted molar refractivity (Wildman–Crippen MR) is 84.4 cm³/mol. The van der Waals surface area contributed by atoms with E-state index < -0.39 is 0 Å². The molecule has 106 valence electrons. The van der Waals surface area contributed by atoms with Gasteiger partial charge in [0.25, 0.3) is 0 Å². The highest BCUT2D eigenvalue weighted by Gasteiger charge is 2.20. The topological polar surface area (TPSA) is 33.3 Å². The van der Waals surface area contributed by atoms with Gasteiger partial charge in [0.05, 0.1) is 12.8 Å². The van der Waals surface area contributed by atoms with Gasteiger partial charge in [-0.25, -0.2) is 0 Å². The van der Waals surface area contributed by atoms with Crippen LogP contribution in [0.15, 0.2) is 4.47 Å². The third-order valence-electron chi connectivity index (χ3n) is 3.80. The van der Waals surface area contributed by atoms with Gasteiger partial charge in [0.15, 0.2) is 0 Å². The second-order valence-electron chi connectivity index (χ2n) is 5.25. The first-order chi connectivity index (χ1) is 9.06. The average molecular weight is 327 g/mol. The Morgan fingerprint density at radius 2 is 1.79 bits per heavy atom. The molecule has 1 aromatic rings. The van der Waals surface area contributed by atoms with Crippen LogP contribution in [0.4, 0.5) is 5.69 Å². The lowest BCUT2D eigenvalue weighted by atomic mass is 10.0. The first-order valence-electron chi connectivity index (χ1n) is 6.86. The van der Waals surface area contributed by atoms with Crippen LogP contribution in [-0.4, -0.2) is 26.2 Å². The van der Waals surface area contributed by atoms with Gasteiger partial charge in [-0.05, 0) is 50.3 Å². The van der Waals surface area contributed by atoms with Gasteiger partial charge < -0.3 is 15.4 Å². The summed E-state index contributed by atoms with van der Waals surface area (Å²) in [6, 6.07) is 0.760. The van der Waals surface area contributed by atoms with Gasteiger partial charge in [0.2, 0.25) is 0 Å². The van der Waals surface area contributed by atoms with Crippen LogP contribution < -0.4 is 15.4 Å². The summed E-state index contributed by atoms with van der Waals surface area (Å²) < 4.78 is 6.75. The fraction of sp³-hybridized carbons (Fsp3) is 0.600. The standard InChI is InChI=1S/C15H23BrN2O/c1-9-10(2)15(19-4)14(11(3)13(9)16)18-8-7-17-12-5-6-12/h12,17-18H,5-8H2,1-4H3. The molecule has 0 atom stereocenters. The third kappa shape index (κ3) is 3.23. The lowest BCUT2D eigenvalue weighted by Gasteiger charge is -2.20. The summed E-state index contributed by atoms with van der Waals surface area (Å²) in [6.45, 7) is 8.26. The van der Waals surface area contributed by atoms with Crippen molar-refractivity contribution in [1.29, 1.82) is 0 Å². The lowest BCUT2D eigenvalue weighted by Crippen LogP contribution is -2.24. The summed E-state index contributed by atoms with van der Waals surface area (Å²) in [6.07, 6.45) is 2.66. The molecule has 1 aliphatic carbocycles. The monoisotopic (exact) mass is 326 g/mol. The molecule has 2 N–H and O–H groups in total. The maximum absolute atomic E-state index is 5.58. The molecule has 19 heavy (non-hydrogen) atoms. The summed E-state index contributed by atoms with van der Waals surface area (Å²) in [7, 11) is 1.74. The predicted octanol–water partition coefficient (Wildman–Crippen LogP) is 3.55. The zero-order chi connectivity index (χ0) is 14.0. The van der Waals surface area contributed by atoms with E-state index >= 15 is 0 Å². The Bertz CT molecular complexity index is 470. The average Bonchev–Trinajstić information content (AvgIpc) is 3.22. The summed E-state index contributed by atoms with van der Waals surface area (Å²) in [5.74, 6) is 0.963. The van der Waals surface area contributed by atoms with Gasteiger partial charge in [0.1, 0.15) is 5.75 Å². The number of hydrogen-bond donors (Lipinski definition) is 2. The molecule has 0 spiro atoms. The summed E-state index contributed by atoms with van der Waals surface area (Å²) in [5.41, 5.74) is 4.76. The second-order valence-corrected chi connectivity index (χ2v) is 6.05. The Morgan fingerprint density at radius 1 is 1.11 bits per heavy atom. The van der Waals surface area contributed by atoms with E-state index in [4.69, 9.17) is 4.74 Å². The Labute approximate surface area is 124 Å². The molecular formula is C15H23BrN2O. The van der Waals surface area contributed by atoms with Crippen molar-refractivity contribution in [2.24, 2.45) is 0 Å². The van der Waals surface area contributed by atoms with Crippen LogP contribution in [0.25, 0.3) is 0 Å². The second kappa shape index (κ2) is 6.14. The van der Waals surface area contributed by atoms with Crippen LogP contribution in [0, 0.1) is 20.8 Å². The summed E-state index contributed by atoms with van der Waals surface area (Å²) >= 11 is 3.68. The summed E-state index contributed by atoms with van der Waals surface area (Å²) in [5, 5.41) is 7.02. The van der Waals surface area contributed by atoms with E-state index in [9.17, 15) is 0 Å². The molecule has 1 saturated carbocycles. The quantitative estimate of drug-likeness (QED) is 0.784. The molecule has 1 fully saturated rings. The first-order valence-corrected chi connectivity index (χ1v) is 7.66. The molecule has 0 unspecified atom stereocenters. The lowest BCUT2D eigenvalue weighted by molar-refractivity contribution is 0.412. The summed E-state index contributed by atoms with van der Waals surface area (Å²) in [4.78, 5) is 0. The molecule has 3 nitrogen and oxygen atoms in total. The van der Waals surface area contributed by atoms with Crippen molar-refractivity contribution in [1.82, 2.24) is 5.32 Å². The van der Waals surface area contributed by atoms with Crippen molar-refractivity contribution in [2.45, 2.75) is 39.7 Å². The van der Waals surface area contributed by atoms with Gasteiger partial charge in [0, 0.05) is 23.6 Å². The van der Waals surface area contributed by atoms with Gasteiger partial charge in [-0.2, -0.15) is 0 Å². The minimum Gasteiger partial charge on any atom is -0.494 e. The first kappa shape index (κ1) is 14.7. The zero-order valence-corrected chi connectivity index (χ0v) is 13.8. The highest BCUT2D eigenvalue weighted by atomic mass is 79.9. The Balaban J connectivity index is 2.12. The highest BCUT2D eigenvalue weighted by molar-refractivity contribution is 9.10. The number of ether oxygens (including phenoxy) is 1. The molecule has 0 aliphatic heterocycles. The molecule has 0 heterocycles. The maximum atomic E-state index is 5.58. The molecule has 1 aromatic carbocycles. The SMILES string of the molecule is COc1c(C)c(C)c(Br)c(C)c1NCCNC1CC1. The van der Waals surface area contributed by atoms with Crippen molar-refractivity contribution in [3.05, 3.63) is 21.2 Å². The van der Waals surface area contributed by atoms with Crippen LogP contribution >= 0.6 is 15.9 Å². The van der Waals surface area contributed by atoms with Crippen LogP contribution in [0.2, 0.25) is 0 Å². The molecule has 1 aliphatic rings. The van der Waals surface area contributed by atoms with Gasteiger partial charge >= 0.3 is 0 Å². The number of halogens is 1. The van der Waals surface area contributed by atoms with E-state index in [-0.39, 0.29) is 0 Å². The number of rotatable bonds is 6. The molecule has 0 saturated heterocycles. The number of nitrogens with one attached hydrogen (secondary N) is 2. The Hall–Kier alpha value is -0.740. The molecule has 2 rings (SSSR count). The van der Waals surface area contributed by atoms with Crippen molar-refractivity contribution < 1.29 is 4.74 Å². The van der Waals surface area contributed by atoms with E-state index in [1.54, 1.807) is 7.11 Å². The van der Waals surface area contributed by atoms with E-state index in [1.165, 1.54) is 34.0 Å². The van der Waals surface area contributed by atoms with Gasteiger partial charge in [-0.1, -0.05) is 15.9 Å². The molecular weight excluding hydrogens is 304 g/mol. The van der Waals surface area contributed by atoms with Crippen molar-refractivity contribution >= 4 is 21.6 Å². The van der Waals surface area contributed by atoms with Crippen molar-refractivity contribution in [3.63, 3.8) is 0 Å². The van der Waals surface area contributed by atoms with E-state index in [0.717, 1.165) is 30.6 Å². The minimum atomic E-state index is 0.760. The van der Waals surface area contributed by atoms with E-state index in [1.807, 2.05) is 0 Å². The van der Waals surface area contributed by atoms with Crippen LogP contribution in [0.5, 0.6) is 5.75 Å². The number of benzene rings is 1. The van der Waals surface area contributed by atoms with E-state index in [2.05, 4.69) is 47.3 Å². The highest BCUT2D eigenvalue weighted by Crippen LogP contribution is 2.39. The normalized spacial score (nSPS) is 14.6. The molecule has 0 amide bonds. The van der Waals surface area contributed by atoms with Crippen molar-refractivity contribution in [3.8, 4) is 5.75 Å². The number of methoxy groups -OCH3 is 1. The smallest absolute Gasteiger partial charge is 0.145 e. The maximum Gasteiger partial charge on any atom is 0.145 e. The largest absolute Gasteiger partial charge is 0.494 e. The molecule has 4 heteroatoms. The minimum absolute atomic E-state index is 0.760.